The number of urea groups is 1. The van der Waals surface area contributed by atoms with Crippen LogP contribution in [0, 0.1) is 13.8 Å². The lowest BCUT2D eigenvalue weighted by Gasteiger charge is -2.26. The fourth-order valence-corrected chi connectivity index (χ4v) is 3.74. The van der Waals surface area contributed by atoms with Crippen LogP contribution in [0.2, 0.25) is 0 Å². The third kappa shape index (κ3) is 4.53. The molecule has 8 nitrogen and oxygen atoms in total. The molecule has 1 aliphatic heterocycles. The topological polar surface area (TPSA) is 106 Å². The number of carbonyl (C=O) groups excluding carboxylic acids is 2. The van der Waals surface area contributed by atoms with E-state index in [1.54, 1.807) is 13.8 Å². The molecule has 28 heavy (non-hydrogen) atoms. The zero-order chi connectivity index (χ0) is 20.3. The molecule has 0 spiro atoms. The monoisotopic (exact) mass is 402 g/mol. The minimum absolute atomic E-state index is 0.256. The number of benzene rings is 1. The molecule has 0 fully saturated rings. The van der Waals surface area contributed by atoms with Gasteiger partial charge in [-0.05, 0) is 39.8 Å². The SMILES string of the molecule is CCOC(=O)C1=C(CSc2nnc(-c3cc(C)cc(C)c3)o2)NC(=O)N[C@@H]1C. The van der Waals surface area contributed by atoms with Gasteiger partial charge in [-0.1, -0.05) is 29.0 Å². The molecule has 1 aromatic heterocycles. The zero-order valence-corrected chi connectivity index (χ0v) is 17.0. The van der Waals surface area contributed by atoms with E-state index in [0.717, 1.165) is 16.7 Å². The fraction of sp³-hybridized carbons (Fsp3) is 0.368. The molecule has 9 heteroatoms. The predicted molar refractivity (Wildman–Crippen MR) is 105 cm³/mol. The standard InChI is InChI=1S/C19H22N4O4S/c1-5-26-17(24)15-12(4)20-18(25)21-14(15)9-28-19-23-22-16(27-19)13-7-10(2)6-11(3)8-13/h6-8,12H,5,9H2,1-4H3,(H2,20,21,25)/t12-/m1/s1. The average molecular weight is 402 g/mol. The lowest BCUT2D eigenvalue weighted by molar-refractivity contribution is -0.138. The largest absolute Gasteiger partial charge is 0.463 e. The molecule has 0 bridgehead atoms. The second-order valence-electron chi connectivity index (χ2n) is 6.47. The van der Waals surface area contributed by atoms with Crippen LogP contribution in [0.25, 0.3) is 11.5 Å². The number of amides is 2. The van der Waals surface area contributed by atoms with Gasteiger partial charge in [-0.15, -0.1) is 10.2 Å². The summed E-state index contributed by atoms with van der Waals surface area (Å²) in [4.78, 5) is 24.1. The van der Waals surface area contributed by atoms with E-state index in [1.807, 2.05) is 26.0 Å². The number of rotatable bonds is 6. The Bertz CT molecular complexity index is 918. The number of esters is 1. The van der Waals surface area contributed by atoms with Crippen LogP contribution in [0.5, 0.6) is 0 Å². The van der Waals surface area contributed by atoms with Gasteiger partial charge in [0.1, 0.15) is 0 Å². The minimum Gasteiger partial charge on any atom is -0.463 e. The molecule has 0 saturated heterocycles. The molecule has 1 aromatic carbocycles. The van der Waals surface area contributed by atoms with Crippen molar-refractivity contribution in [3.8, 4) is 11.5 Å². The predicted octanol–water partition coefficient (Wildman–Crippen LogP) is 2.96. The molecule has 148 valence electrons. The highest BCUT2D eigenvalue weighted by atomic mass is 32.2. The van der Waals surface area contributed by atoms with Gasteiger partial charge < -0.3 is 19.8 Å². The Balaban J connectivity index is 1.78. The summed E-state index contributed by atoms with van der Waals surface area (Å²) in [5, 5.41) is 13.9. The quantitative estimate of drug-likeness (QED) is 0.565. The van der Waals surface area contributed by atoms with Crippen molar-refractivity contribution in [1.82, 2.24) is 20.8 Å². The Morgan fingerprint density at radius 2 is 1.96 bits per heavy atom. The van der Waals surface area contributed by atoms with Gasteiger partial charge in [-0.2, -0.15) is 0 Å². The molecular weight excluding hydrogens is 380 g/mol. The van der Waals surface area contributed by atoms with Crippen molar-refractivity contribution in [3.63, 3.8) is 0 Å². The summed E-state index contributed by atoms with van der Waals surface area (Å²) < 4.78 is 10.8. The second-order valence-corrected chi connectivity index (χ2v) is 7.40. The van der Waals surface area contributed by atoms with E-state index in [2.05, 4.69) is 26.9 Å². The first kappa shape index (κ1) is 19.9. The van der Waals surface area contributed by atoms with E-state index in [9.17, 15) is 9.59 Å². The summed E-state index contributed by atoms with van der Waals surface area (Å²) in [5.41, 5.74) is 3.94. The highest BCUT2D eigenvalue weighted by molar-refractivity contribution is 7.99. The number of aromatic nitrogens is 2. The highest BCUT2D eigenvalue weighted by Gasteiger charge is 2.29. The molecule has 0 unspecified atom stereocenters. The Kier molecular flexibility index (Phi) is 6.03. The zero-order valence-electron chi connectivity index (χ0n) is 16.2. The number of ether oxygens (including phenoxy) is 1. The third-order valence-electron chi connectivity index (χ3n) is 4.08. The van der Waals surface area contributed by atoms with E-state index < -0.39 is 12.0 Å². The number of thioether (sulfide) groups is 1. The number of nitrogens with zero attached hydrogens (tertiary/aromatic N) is 2. The van der Waals surface area contributed by atoms with Crippen molar-refractivity contribution in [1.29, 1.82) is 0 Å². The number of nitrogens with one attached hydrogen (secondary N) is 2. The molecular formula is C19H22N4O4S. The maximum Gasteiger partial charge on any atom is 0.337 e. The number of hydrogen-bond acceptors (Lipinski definition) is 7. The molecule has 2 aromatic rings. The van der Waals surface area contributed by atoms with Crippen molar-refractivity contribution in [2.45, 2.75) is 39.0 Å². The van der Waals surface area contributed by atoms with Gasteiger partial charge in [0.25, 0.3) is 5.22 Å². The van der Waals surface area contributed by atoms with Crippen molar-refractivity contribution in [3.05, 3.63) is 40.6 Å². The van der Waals surface area contributed by atoms with Crippen LogP contribution in [0.1, 0.15) is 25.0 Å². The van der Waals surface area contributed by atoms with Gasteiger partial charge in [0.05, 0.1) is 18.2 Å². The molecule has 2 heterocycles. The van der Waals surface area contributed by atoms with Gasteiger partial charge in [-0.3, -0.25) is 0 Å². The van der Waals surface area contributed by atoms with Gasteiger partial charge in [0.2, 0.25) is 5.89 Å². The minimum atomic E-state index is -0.459. The van der Waals surface area contributed by atoms with E-state index >= 15 is 0 Å². The van der Waals surface area contributed by atoms with Gasteiger partial charge in [-0.25, -0.2) is 9.59 Å². The molecule has 2 N–H and O–H groups in total. The van der Waals surface area contributed by atoms with Crippen LogP contribution in [0.15, 0.2) is 39.1 Å². The summed E-state index contributed by atoms with van der Waals surface area (Å²) in [6, 6.07) is 5.21. The average Bonchev–Trinajstić information content (AvgIpc) is 3.07. The van der Waals surface area contributed by atoms with Crippen molar-refractivity contribution < 1.29 is 18.7 Å². The summed E-state index contributed by atoms with van der Waals surface area (Å²) in [6.07, 6.45) is 0. The first-order chi connectivity index (χ1) is 13.4. The van der Waals surface area contributed by atoms with Crippen LogP contribution in [-0.2, 0) is 9.53 Å². The molecule has 1 atom stereocenters. The first-order valence-electron chi connectivity index (χ1n) is 8.90. The summed E-state index contributed by atoms with van der Waals surface area (Å²) in [6.45, 7) is 7.74. The smallest absolute Gasteiger partial charge is 0.337 e. The Morgan fingerprint density at radius 1 is 1.25 bits per heavy atom. The lowest BCUT2D eigenvalue weighted by Crippen LogP contribution is -2.49. The highest BCUT2D eigenvalue weighted by Crippen LogP contribution is 2.27. The summed E-state index contributed by atoms with van der Waals surface area (Å²) in [7, 11) is 0. The molecule has 1 aliphatic rings. The lowest BCUT2D eigenvalue weighted by atomic mass is 10.1. The van der Waals surface area contributed by atoms with E-state index in [-0.39, 0.29) is 12.6 Å². The van der Waals surface area contributed by atoms with Gasteiger partial charge in [0, 0.05) is 17.0 Å². The maximum absolute atomic E-state index is 12.3. The van der Waals surface area contributed by atoms with Crippen LogP contribution < -0.4 is 10.6 Å². The van der Waals surface area contributed by atoms with Gasteiger partial charge in [0.15, 0.2) is 0 Å². The van der Waals surface area contributed by atoms with Crippen molar-refractivity contribution in [2.24, 2.45) is 0 Å². The van der Waals surface area contributed by atoms with Crippen LogP contribution in [-0.4, -0.2) is 40.6 Å². The van der Waals surface area contributed by atoms with Gasteiger partial charge >= 0.3 is 12.0 Å². The molecule has 3 rings (SSSR count). The molecule has 2 amide bonds. The third-order valence-corrected chi connectivity index (χ3v) is 4.93. The fourth-order valence-electron chi connectivity index (χ4n) is 3.01. The number of hydrogen-bond donors (Lipinski definition) is 2. The van der Waals surface area contributed by atoms with E-state index in [0.29, 0.717) is 28.1 Å². The van der Waals surface area contributed by atoms with Crippen molar-refractivity contribution in [2.75, 3.05) is 12.4 Å². The maximum atomic E-state index is 12.3. The molecule has 0 aliphatic carbocycles. The molecule has 0 radical (unpaired) electrons. The first-order valence-corrected chi connectivity index (χ1v) is 9.88. The Hall–Kier alpha value is -2.81. The number of aryl methyl sites for hydroxylation is 2. The Labute approximate surface area is 167 Å². The summed E-state index contributed by atoms with van der Waals surface area (Å²) in [5.74, 6) is 0.261. The van der Waals surface area contributed by atoms with Crippen LogP contribution >= 0.6 is 11.8 Å². The van der Waals surface area contributed by atoms with E-state index in [1.165, 1.54) is 11.8 Å². The molecule has 0 saturated carbocycles. The van der Waals surface area contributed by atoms with Crippen molar-refractivity contribution >= 4 is 23.8 Å². The van der Waals surface area contributed by atoms with Crippen LogP contribution in [0.4, 0.5) is 4.79 Å². The van der Waals surface area contributed by atoms with E-state index in [4.69, 9.17) is 9.15 Å². The normalized spacial score (nSPS) is 16.6. The number of carbonyl (C=O) groups is 2. The Morgan fingerprint density at radius 3 is 2.64 bits per heavy atom. The summed E-state index contributed by atoms with van der Waals surface area (Å²) >= 11 is 1.25. The van der Waals surface area contributed by atoms with Crippen LogP contribution in [0.3, 0.4) is 0 Å². The second kappa shape index (κ2) is 8.47.